The molecule has 0 saturated carbocycles. The normalized spacial score (nSPS) is 27.1. The molecule has 2 heterocycles. The Morgan fingerprint density at radius 2 is 1.89 bits per heavy atom. The van der Waals surface area contributed by atoms with Crippen LogP contribution in [0.25, 0.3) is 0 Å². The number of morpholine rings is 1. The Hall–Kier alpha value is -0.450. The van der Waals surface area contributed by atoms with E-state index in [1.54, 1.807) is 6.92 Å². The number of hydrogen-bond donors (Lipinski definition) is 0. The molecule has 4 nitrogen and oxygen atoms in total. The molecule has 2 aliphatic heterocycles. The van der Waals surface area contributed by atoms with Gasteiger partial charge in [-0.1, -0.05) is 12.8 Å². The average molecular weight is 268 g/mol. The van der Waals surface area contributed by atoms with Gasteiger partial charge in [-0.3, -0.25) is 14.6 Å². The molecule has 0 bridgehead atoms. The number of carbonyl (C=O) groups is 1. The molecule has 0 aromatic heterocycles. The summed E-state index contributed by atoms with van der Waals surface area (Å²) in [7, 11) is 0. The van der Waals surface area contributed by atoms with E-state index in [2.05, 4.69) is 9.80 Å². The molecule has 0 amide bonds. The third-order valence-corrected chi connectivity index (χ3v) is 4.33. The number of ether oxygens (including phenoxy) is 1. The van der Waals surface area contributed by atoms with Crippen LogP contribution in [0.3, 0.4) is 0 Å². The first-order valence-corrected chi connectivity index (χ1v) is 7.79. The van der Waals surface area contributed by atoms with Crippen LogP contribution in [0.1, 0.15) is 39.0 Å². The van der Waals surface area contributed by atoms with Gasteiger partial charge in [0.1, 0.15) is 5.78 Å². The van der Waals surface area contributed by atoms with Crippen molar-refractivity contribution in [1.29, 1.82) is 0 Å². The van der Waals surface area contributed by atoms with Gasteiger partial charge in [-0.2, -0.15) is 0 Å². The molecule has 2 fully saturated rings. The van der Waals surface area contributed by atoms with E-state index in [0.717, 1.165) is 45.8 Å². The number of nitrogens with zero attached hydrogens (tertiary/aromatic N) is 2. The number of carbonyl (C=O) groups excluding carboxylic acids is 1. The molecule has 0 aromatic carbocycles. The van der Waals surface area contributed by atoms with Gasteiger partial charge in [-0.25, -0.2) is 0 Å². The molecule has 0 aliphatic carbocycles. The number of ketones is 1. The van der Waals surface area contributed by atoms with Crippen LogP contribution in [0, 0.1) is 0 Å². The van der Waals surface area contributed by atoms with Gasteiger partial charge >= 0.3 is 0 Å². The first kappa shape index (κ1) is 14.9. The number of Topliss-reactive ketones (excluding diaryl/α,β-unsaturated/α-hetero) is 1. The Kier molecular flexibility index (Phi) is 6.28. The SMILES string of the molecule is CC(=O)CC1CCCCCN1CCN1CCOCC1. The molecule has 4 heteroatoms. The summed E-state index contributed by atoms with van der Waals surface area (Å²) >= 11 is 0. The van der Waals surface area contributed by atoms with Gasteiger partial charge in [0, 0.05) is 38.6 Å². The summed E-state index contributed by atoms with van der Waals surface area (Å²) in [5.74, 6) is 0.336. The van der Waals surface area contributed by atoms with Crippen molar-refractivity contribution in [3.63, 3.8) is 0 Å². The second-order valence-electron chi connectivity index (χ2n) is 5.90. The highest BCUT2D eigenvalue weighted by atomic mass is 16.5. The van der Waals surface area contributed by atoms with Crippen molar-refractivity contribution >= 4 is 5.78 Å². The molecule has 0 spiro atoms. The minimum absolute atomic E-state index is 0.336. The van der Waals surface area contributed by atoms with Crippen LogP contribution in [0.2, 0.25) is 0 Å². The Morgan fingerprint density at radius 1 is 1.11 bits per heavy atom. The molecule has 0 radical (unpaired) electrons. The quantitative estimate of drug-likeness (QED) is 0.757. The van der Waals surface area contributed by atoms with Crippen molar-refractivity contribution in [1.82, 2.24) is 9.80 Å². The second-order valence-corrected chi connectivity index (χ2v) is 5.90. The van der Waals surface area contributed by atoms with E-state index in [0.29, 0.717) is 11.8 Å². The Labute approximate surface area is 117 Å². The maximum atomic E-state index is 11.4. The van der Waals surface area contributed by atoms with Gasteiger partial charge in [0.2, 0.25) is 0 Å². The van der Waals surface area contributed by atoms with E-state index in [9.17, 15) is 4.79 Å². The summed E-state index contributed by atoms with van der Waals surface area (Å²) in [6, 6.07) is 0.487. The molecule has 0 N–H and O–H groups in total. The fraction of sp³-hybridized carbons (Fsp3) is 0.933. The molecular formula is C15H28N2O2. The van der Waals surface area contributed by atoms with Crippen LogP contribution in [0.4, 0.5) is 0 Å². The van der Waals surface area contributed by atoms with Gasteiger partial charge in [0.05, 0.1) is 13.2 Å². The minimum atomic E-state index is 0.336. The van der Waals surface area contributed by atoms with Crippen LogP contribution in [-0.2, 0) is 9.53 Å². The van der Waals surface area contributed by atoms with Crippen molar-refractivity contribution in [3.05, 3.63) is 0 Å². The van der Waals surface area contributed by atoms with E-state index >= 15 is 0 Å². The maximum absolute atomic E-state index is 11.4. The van der Waals surface area contributed by atoms with Gasteiger partial charge in [-0.05, 0) is 26.3 Å². The molecule has 1 unspecified atom stereocenters. The standard InChI is InChI=1S/C15H28N2O2/c1-14(18)13-15-5-3-2-4-6-17(15)8-7-16-9-11-19-12-10-16/h15H,2-13H2,1H3. The summed E-state index contributed by atoms with van der Waals surface area (Å²) in [5.41, 5.74) is 0. The van der Waals surface area contributed by atoms with Crippen molar-refractivity contribution in [2.75, 3.05) is 45.9 Å². The minimum Gasteiger partial charge on any atom is -0.379 e. The molecule has 110 valence electrons. The number of likely N-dealkylation sites (tertiary alicyclic amines) is 1. The Balaban J connectivity index is 1.80. The fourth-order valence-corrected chi connectivity index (χ4v) is 3.19. The highest BCUT2D eigenvalue weighted by Gasteiger charge is 2.22. The molecule has 2 aliphatic rings. The number of hydrogen-bond acceptors (Lipinski definition) is 4. The lowest BCUT2D eigenvalue weighted by molar-refractivity contribution is -0.118. The predicted molar refractivity (Wildman–Crippen MR) is 76.4 cm³/mol. The first-order valence-electron chi connectivity index (χ1n) is 7.79. The third-order valence-electron chi connectivity index (χ3n) is 4.33. The summed E-state index contributed by atoms with van der Waals surface area (Å²) < 4.78 is 5.39. The van der Waals surface area contributed by atoms with Gasteiger partial charge in [0.25, 0.3) is 0 Å². The highest BCUT2D eigenvalue weighted by Crippen LogP contribution is 2.19. The van der Waals surface area contributed by atoms with Crippen LogP contribution >= 0.6 is 0 Å². The smallest absolute Gasteiger partial charge is 0.131 e. The summed E-state index contributed by atoms with van der Waals surface area (Å²) in [6.07, 6.45) is 5.83. The molecule has 0 aromatic rings. The van der Waals surface area contributed by atoms with Crippen LogP contribution < -0.4 is 0 Å². The highest BCUT2D eigenvalue weighted by molar-refractivity contribution is 5.76. The monoisotopic (exact) mass is 268 g/mol. The summed E-state index contributed by atoms with van der Waals surface area (Å²) in [6.45, 7) is 8.99. The van der Waals surface area contributed by atoms with Crippen molar-refractivity contribution in [2.45, 2.75) is 45.1 Å². The van der Waals surface area contributed by atoms with E-state index in [1.165, 1.54) is 32.2 Å². The van der Waals surface area contributed by atoms with Crippen LogP contribution in [0.5, 0.6) is 0 Å². The van der Waals surface area contributed by atoms with E-state index < -0.39 is 0 Å². The predicted octanol–water partition coefficient (Wildman–Crippen LogP) is 1.54. The van der Waals surface area contributed by atoms with E-state index in [4.69, 9.17) is 4.74 Å². The first-order chi connectivity index (χ1) is 9.25. The van der Waals surface area contributed by atoms with Crippen molar-refractivity contribution < 1.29 is 9.53 Å². The Bertz CT molecular complexity index is 277. The zero-order valence-corrected chi connectivity index (χ0v) is 12.3. The van der Waals surface area contributed by atoms with Gasteiger partial charge in [0.15, 0.2) is 0 Å². The molecule has 1 atom stereocenters. The zero-order valence-electron chi connectivity index (χ0n) is 12.3. The van der Waals surface area contributed by atoms with Crippen LogP contribution in [0.15, 0.2) is 0 Å². The van der Waals surface area contributed by atoms with Crippen molar-refractivity contribution in [2.24, 2.45) is 0 Å². The molecular weight excluding hydrogens is 240 g/mol. The van der Waals surface area contributed by atoms with Crippen molar-refractivity contribution in [3.8, 4) is 0 Å². The van der Waals surface area contributed by atoms with Gasteiger partial charge < -0.3 is 4.74 Å². The fourth-order valence-electron chi connectivity index (χ4n) is 3.19. The average Bonchev–Trinajstić information content (AvgIpc) is 2.62. The lowest BCUT2D eigenvalue weighted by atomic mass is 10.0. The topological polar surface area (TPSA) is 32.8 Å². The van der Waals surface area contributed by atoms with E-state index in [1.807, 2.05) is 0 Å². The summed E-state index contributed by atoms with van der Waals surface area (Å²) in [4.78, 5) is 16.5. The summed E-state index contributed by atoms with van der Waals surface area (Å²) in [5, 5.41) is 0. The van der Waals surface area contributed by atoms with E-state index in [-0.39, 0.29) is 0 Å². The second kappa shape index (κ2) is 7.98. The molecule has 2 rings (SSSR count). The largest absolute Gasteiger partial charge is 0.379 e. The van der Waals surface area contributed by atoms with Crippen LogP contribution in [-0.4, -0.2) is 67.6 Å². The third kappa shape index (κ3) is 5.21. The lowest BCUT2D eigenvalue weighted by Gasteiger charge is -2.33. The Morgan fingerprint density at radius 3 is 2.63 bits per heavy atom. The molecule has 19 heavy (non-hydrogen) atoms. The van der Waals surface area contributed by atoms with Gasteiger partial charge in [-0.15, -0.1) is 0 Å². The lowest BCUT2D eigenvalue weighted by Crippen LogP contribution is -2.44. The zero-order chi connectivity index (χ0) is 13.5. The number of rotatable bonds is 5. The molecule has 2 saturated heterocycles. The maximum Gasteiger partial charge on any atom is 0.131 e.